The van der Waals surface area contributed by atoms with Crippen molar-refractivity contribution < 1.29 is 0 Å². The molecule has 3 aromatic heterocycles. The molecule has 0 radical (unpaired) electrons. The van der Waals surface area contributed by atoms with Gasteiger partial charge in [0.15, 0.2) is 0 Å². The summed E-state index contributed by atoms with van der Waals surface area (Å²) in [6, 6.07) is 13.9. The maximum atomic E-state index is 5.92. The third-order valence-electron chi connectivity index (χ3n) is 3.93. The minimum Gasteiger partial charge on any atom is -0.368 e. The normalized spacial score (nSPS) is 10.8. The number of hydrogen-bond acceptors (Lipinski definition) is 6. The minimum absolute atomic E-state index is 0.209. The molecule has 0 bridgehead atoms. The number of nitrogens with zero attached hydrogens (tertiary/aromatic N) is 6. The molecule has 128 valence electrons. The molecule has 3 heterocycles. The predicted octanol–water partition coefficient (Wildman–Crippen LogP) is 2.74. The van der Waals surface area contributed by atoms with Gasteiger partial charge in [0, 0.05) is 18.0 Å². The second-order valence-corrected chi connectivity index (χ2v) is 6.03. The molecule has 2 N–H and O–H groups in total. The number of anilines is 1. The van der Waals surface area contributed by atoms with E-state index in [0.29, 0.717) is 17.9 Å². The Morgan fingerprint density at radius 2 is 1.88 bits per heavy atom. The van der Waals surface area contributed by atoms with Crippen molar-refractivity contribution in [1.29, 1.82) is 0 Å². The third-order valence-corrected chi connectivity index (χ3v) is 3.93. The number of hydrogen-bond donors (Lipinski definition) is 1. The summed E-state index contributed by atoms with van der Waals surface area (Å²) < 4.78 is 1.75. The average Bonchev–Trinajstić information content (AvgIpc) is 3.11. The van der Waals surface area contributed by atoms with Gasteiger partial charge in [-0.05, 0) is 30.7 Å². The van der Waals surface area contributed by atoms with E-state index in [9.17, 15) is 0 Å². The quantitative estimate of drug-likeness (QED) is 0.612. The van der Waals surface area contributed by atoms with Gasteiger partial charge in [-0.3, -0.25) is 4.98 Å². The zero-order chi connectivity index (χ0) is 17.9. The van der Waals surface area contributed by atoms with Gasteiger partial charge in [-0.15, -0.1) is 5.10 Å². The van der Waals surface area contributed by atoms with Gasteiger partial charge in [-0.1, -0.05) is 35.0 Å². The second-order valence-electron chi connectivity index (χ2n) is 6.03. The van der Waals surface area contributed by atoms with Crippen molar-refractivity contribution in [3.63, 3.8) is 0 Å². The summed E-state index contributed by atoms with van der Waals surface area (Å²) in [5.74, 6) is 0.209. The van der Waals surface area contributed by atoms with Crippen LogP contribution in [0.15, 0.2) is 61.1 Å². The number of nitrogens with two attached hydrogens (primary N) is 1. The van der Waals surface area contributed by atoms with Crippen molar-refractivity contribution in [3.05, 3.63) is 72.2 Å². The van der Waals surface area contributed by atoms with E-state index in [4.69, 9.17) is 5.73 Å². The van der Waals surface area contributed by atoms with E-state index < -0.39 is 0 Å². The molecule has 0 unspecified atom stereocenters. The van der Waals surface area contributed by atoms with Gasteiger partial charge < -0.3 is 5.73 Å². The fourth-order valence-electron chi connectivity index (χ4n) is 2.72. The number of nitrogen functional groups attached to an aromatic ring is 1. The van der Waals surface area contributed by atoms with Crippen molar-refractivity contribution in [3.8, 4) is 22.6 Å². The summed E-state index contributed by atoms with van der Waals surface area (Å²) in [7, 11) is 0. The molecule has 0 aliphatic carbocycles. The summed E-state index contributed by atoms with van der Waals surface area (Å²) in [6.45, 7) is 2.63. The maximum absolute atomic E-state index is 5.92. The second kappa shape index (κ2) is 6.72. The highest BCUT2D eigenvalue weighted by Gasteiger charge is 2.11. The van der Waals surface area contributed by atoms with E-state index in [1.807, 2.05) is 49.5 Å². The highest BCUT2D eigenvalue weighted by molar-refractivity contribution is 5.67. The van der Waals surface area contributed by atoms with Crippen LogP contribution in [0, 0.1) is 6.92 Å². The van der Waals surface area contributed by atoms with E-state index in [2.05, 4.69) is 31.3 Å². The Balaban J connectivity index is 1.66. The SMILES string of the molecule is Cc1cccc(-c2cc(-c3cn(Cc4cccnc4)nn3)nc(N)n2)c1. The standard InChI is InChI=1S/C19H17N7/c1-13-4-2-6-15(8-13)16-9-17(23-19(20)22-16)18-12-26(25-24-18)11-14-5-3-7-21-10-14/h2-10,12H,11H2,1H3,(H2,20,22,23). The van der Waals surface area contributed by atoms with Crippen molar-refractivity contribution in [1.82, 2.24) is 29.9 Å². The molecule has 0 fully saturated rings. The first kappa shape index (κ1) is 15.9. The molecule has 0 saturated carbocycles. The summed E-state index contributed by atoms with van der Waals surface area (Å²) >= 11 is 0. The van der Waals surface area contributed by atoms with Crippen molar-refractivity contribution in [2.45, 2.75) is 13.5 Å². The van der Waals surface area contributed by atoms with E-state index in [0.717, 1.165) is 22.4 Å². The van der Waals surface area contributed by atoms with Gasteiger partial charge in [0.2, 0.25) is 5.95 Å². The van der Waals surface area contributed by atoms with E-state index >= 15 is 0 Å². The summed E-state index contributed by atoms with van der Waals surface area (Å²) in [5.41, 5.74) is 11.2. The molecule has 4 aromatic rings. The van der Waals surface area contributed by atoms with Crippen molar-refractivity contribution >= 4 is 5.95 Å². The van der Waals surface area contributed by atoms with Crippen molar-refractivity contribution in [2.75, 3.05) is 5.73 Å². The zero-order valence-electron chi connectivity index (χ0n) is 14.2. The Hall–Kier alpha value is -3.61. The molecule has 0 aliphatic rings. The first-order chi connectivity index (χ1) is 12.7. The van der Waals surface area contributed by atoms with Gasteiger partial charge in [-0.2, -0.15) is 0 Å². The molecule has 0 aliphatic heterocycles. The molecule has 7 nitrogen and oxygen atoms in total. The number of benzene rings is 1. The molecule has 0 saturated heterocycles. The first-order valence-corrected chi connectivity index (χ1v) is 8.18. The maximum Gasteiger partial charge on any atom is 0.221 e. The predicted molar refractivity (Wildman–Crippen MR) is 99.0 cm³/mol. The fraction of sp³-hybridized carbons (Fsp3) is 0.105. The lowest BCUT2D eigenvalue weighted by Crippen LogP contribution is -2.00. The topological polar surface area (TPSA) is 95.4 Å². The van der Waals surface area contributed by atoms with E-state index in [1.54, 1.807) is 17.1 Å². The van der Waals surface area contributed by atoms with Gasteiger partial charge in [0.25, 0.3) is 0 Å². The zero-order valence-corrected chi connectivity index (χ0v) is 14.2. The molecule has 0 spiro atoms. The Labute approximate surface area is 150 Å². The molecule has 4 rings (SSSR count). The fourth-order valence-corrected chi connectivity index (χ4v) is 2.72. The minimum atomic E-state index is 0.209. The Morgan fingerprint density at radius 3 is 2.69 bits per heavy atom. The lowest BCUT2D eigenvalue weighted by atomic mass is 10.1. The van der Waals surface area contributed by atoms with Crippen LogP contribution in [0.4, 0.5) is 5.95 Å². The van der Waals surface area contributed by atoms with Crippen LogP contribution in [0.2, 0.25) is 0 Å². The summed E-state index contributed by atoms with van der Waals surface area (Å²) in [5, 5.41) is 8.39. The molecular weight excluding hydrogens is 326 g/mol. The largest absolute Gasteiger partial charge is 0.368 e. The van der Waals surface area contributed by atoms with Crippen molar-refractivity contribution in [2.24, 2.45) is 0 Å². The highest BCUT2D eigenvalue weighted by Crippen LogP contribution is 2.24. The van der Waals surface area contributed by atoms with E-state index in [-0.39, 0.29) is 5.95 Å². The number of aromatic nitrogens is 6. The smallest absolute Gasteiger partial charge is 0.221 e. The summed E-state index contributed by atoms with van der Waals surface area (Å²) in [4.78, 5) is 12.8. The van der Waals surface area contributed by atoms with Crippen LogP contribution >= 0.6 is 0 Å². The van der Waals surface area contributed by atoms with Gasteiger partial charge in [0.1, 0.15) is 5.69 Å². The van der Waals surface area contributed by atoms with Crippen LogP contribution in [0.3, 0.4) is 0 Å². The molecule has 0 atom stereocenters. The molecular formula is C19H17N7. The molecule has 26 heavy (non-hydrogen) atoms. The number of pyridine rings is 1. The summed E-state index contributed by atoms with van der Waals surface area (Å²) in [6.07, 6.45) is 5.39. The highest BCUT2D eigenvalue weighted by atomic mass is 15.4. The number of aryl methyl sites for hydroxylation is 1. The monoisotopic (exact) mass is 343 g/mol. The number of rotatable bonds is 4. The molecule has 0 amide bonds. The Kier molecular flexibility index (Phi) is 4.10. The first-order valence-electron chi connectivity index (χ1n) is 8.18. The van der Waals surface area contributed by atoms with Crippen LogP contribution in [-0.4, -0.2) is 29.9 Å². The lowest BCUT2D eigenvalue weighted by Gasteiger charge is -2.05. The third kappa shape index (κ3) is 3.41. The van der Waals surface area contributed by atoms with Gasteiger partial charge in [-0.25, -0.2) is 14.6 Å². The van der Waals surface area contributed by atoms with Gasteiger partial charge in [0.05, 0.1) is 24.1 Å². The average molecular weight is 343 g/mol. The van der Waals surface area contributed by atoms with Gasteiger partial charge >= 0.3 is 0 Å². The van der Waals surface area contributed by atoms with Crippen LogP contribution in [-0.2, 0) is 6.54 Å². The van der Waals surface area contributed by atoms with Crippen LogP contribution in [0.25, 0.3) is 22.6 Å². The van der Waals surface area contributed by atoms with Crippen LogP contribution in [0.5, 0.6) is 0 Å². The Bertz CT molecular complexity index is 1040. The van der Waals surface area contributed by atoms with Crippen LogP contribution in [0.1, 0.15) is 11.1 Å². The lowest BCUT2D eigenvalue weighted by molar-refractivity contribution is 0.648. The van der Waals surface area contributed by atoms with Crippen LogP contribution < -0.4 is 5.73 Å². The molecule has 7 heteroatoms. The molecule has 1 aromatic carbocycles. The van der Waals surface area contributed by atoms with E-state index in [1.165, 1.54) is 0 Å². The Morgan fingerprint density at radius 1 is 1.00 bits per heavy atom.